The normalized spacial score (nSPS) is 21.6. The van der Waals surface area contributed by atoms with Crippen LogP contribution in [0.2, 0.25) is 0 Å². The predicted molar refractivity (Wildman–Crippen MR) is 110 cm³/mol. The van der Waals surface area contributed by atoms with Crippen molar-refractivity contribution in [1.29, 1.82) is 0 Å². The van der Waals surface area contributed by atoms with Crippen LogP contribution in [0.4, 0.5) is 11.5 Å². The Morgan fingerprint density at radius 3 is 2.82 bits per heavy atom. The van der Waals surface area contributed by atoms with E-state index in [2.05, 4.69) is 23.0 Å². The maximum absolute atomic E-state index is 13.5. The number of nitrogens with zero attached hydrogens (tertiary/aromatic N) is 4. The number of para-hydroxylation sites is 1. The van der Waals surface area contributed by atoms with Gasteiger partial charge in [-0.25, -0.2) is 4.68 Å². The van der Waals surface area contributed by atoms with E-state index in [9.17, 15) is 9.59 Å². The van der Waals surface area contributed by atoms with E-state index in [1.54, 1.807) is 13.1 Å². The molecule has 148 valence electrons. The topological polar surface area (TPSA) is 58.4 Å². The van der Waals surface area contributed by atoms with Crippen molar-refractivity contribution in [2.24, 2.45) is 13.0 Å². The van der Waals surface area contributed by atoms with E-state index in [0.29, 0.717) is 18.2 Å². The van der Waals surface area contributed by atoms with Gasteiger partial charge in [0.25, 0.3) is 5.56 Å². The van der Waals surface area contributed by atoms with Gasteiger partial charge in [0.15, 0.2) is 5.82 Å². The molecule has 0 N–H and O–H groups in total. The second kappa shape index (κ2) is 7.78. The van der Waals surface area contributed by atoms with Crippen molar-refractivity contribution in [1.82, 2.24) is 14.7 Å². The summed E-state index contributed by atoms with van der Waals surface area (Å²) in [5.41, 5.74) is 2.00. The molecular weight excluding hydrogens is 352 g/mol. The summed E-state index contributed by atoms with van der Waals surface area (Å²) in [4.78, 5) is 29.4. The van der Waals surface area contributed by atoms with Crippen molar-refractivity contribution in [2.45, 2.75) is 45.1 Å². The lowest BCUT2D eigenvalue weighted by molar-refractivity contribution is -0.134. The Labute approximate surface area is 165 Å². The first-order valence-corrected chi connectivity index (χ1v) is 10.3. The number of amides is 1. The smallest absolute Gasteiger partial charge is 0.266 e. The van der Waals surface area contributed by atoms with Crippen LogP contribution >= 0.6 is 0 Å². The summed E-state index contributed by atoms with van der Waals surface area (Å²) < 4.78 is 1.33. The van der Waals surface area contributed by atoms with Crippen LogP contribution in [0, 0.1) is 5.92 Å². The van der Waals surface area contributed by atoms with Crippen LogP contribution in [-0.4, -0.2) is 39.7 Å². The quantitative estimate of drug-likeness (QED) is 0.818. The van der Waals surface area contributed by atoms with E-state index >= 15 is 0 Å². The molecule has 2 atom stereocenters. The highest BCUT2D eigenvalue weighted by molar-refractivity contribution is 5.91. The minimum atomic E-state index is -0.303. The Hall–Kier alpha value is -2.63. The van der Waals surface area contributed by atoms with E-state index in [-0.39, 0.29) is 17.5 Å². The van der Waals surface area contributed by atoms with Crippen LogP contribution in [-0.2, 0) is 18.3 Å². The molecule has 0 spiro atoms. The fraction of sp³-hybridized carbons (Fsp3) is 0.500. The zero-order valence-corrected chi connectivity index (χ0v) is 16.7. The zero-order valence-electron chi connectivity index (χ0n) is 16.7. The van der Waals surface area contributed by atoms with E-state index in [4.69, 9.17) is 0 Å². The third-order valence-electron chi connectivity index (χ3n) is 5.98. The van der Waals surface area contributed by atoms with Gasteiger partial charge in [0.05, 0.1) is 0 Å². The standard InChI is InChI=1S/C22H28N4O2/c1-3-7-16-8-6-13-25(15-16)22(28)19-14-17-9-4-5-10-18(17)26(19)20-11-12-21(27)24(2)23-20/h4-5,9-12,16,19H,3,6-8,13-15H2,1-2H3/t16?,19-/m0/s1. The van der Waals surface area contributed by atoms with Gasteiger partial charge in [0.2, 0.25) is 5.91 Å². The van der Waals surface area contributed by atoms with Gasteiger partial charge in [0, 0.05) is 38.3 Å². The Morgan fingerprint density at radius 1 is 1.21 bits per heavy atom. The lowest BCUT2D eigenvalue weighted by atomic mass is 9.93. The highest BCUT2D eigenvalue weighted by Gasteiger charge is 2.39. The molecular formula is C22H28N4O2. The number of fused-ring (bicyclic) bond motifs is 1. The molecule has 1 aromatic heterocycles. The summed E-state index contributed by atoms with van der Waals surface area (Å²) in [6.45, 7) is 3.90. The molecule has 1 saturated heterocycles. The number of hydrogen-bond acceptors (Lipinski definition) is 4. The van der Waals surface area contributed by atoms with Gasteiger partial charge >= 0.3 is 0 Å². The van der Waals surface area contributed by atoms with Crippen molar-refractivity contribution in [3.8, 4) is 0 Å². The maximum atomic E-state index is 13.5. The highest BCUT2D eigenvalue weighted by Crippen LogP contribution is 2.38. The van der Waals surface area contributed by atoms with Gasteiger partial charge in [-0.3, -0.25) is 9.59 Å². The third-order valence-corrected chi connectivity index (χ3v) is 5.98. The van der Waals surface area contributed by atoms with Crippen LogP contribution < -0.4 is 10.5 Å². The van der Waals surface area contributed by atoms with Crippen LogP contribution in [0.25, 0.3) is 0 Å². The molecule has 2 aliphatic rings. The molecule has 0 radical (unpaired) electrons. The lowest BCUT2D eigenvalue weighted by Crippen LogP contribution is -2.49. The molecule has 28 heavy (non-hydrogen) atoms. The van der Waals surface area contributed by atoms with Gasteiger partial charge in [-0.2, -0.15) is 5.10 Å². The number of piperidine rings is 1. The fourth-order valence-corrected chi connectivity index (χ4v) is 4.61. The first-order chi connectivity index (χ1) is 13.6. The Balaban J connectivity index is 1.66. The number of carbonyl (C=O) groups excluding carboxylic acids is 1. The monoisotopic (exact) mass is 380 g/mol. The maximum Gasteiger partial charge on any atom is 0.266 e. The van der Waals surface area contributed by atoms with E-state index in [0.717, 1.165) is 37.2 Å². The minimum absolute atomic E-state index is 0.155. The van der Waals surface area contributed by atoms with Gasteiger partial charge in [-0.1, -0.05) is 31.5 Å². The summed E-state index contributed by atoms with van der Waals surface area (Å²) in [5, 5.41) is 4.44. The van der Waals surface area contributed by atoms with E-state index < -0.39 is 0 Å². The van der Waals surface area contributed by atoms with Crippen LogP contribution in [0.3, 0.4) is 0 Å². The fourth-order valence-electron chi connectivity index (χ4n) is 4.61. The molecule has 4 rings (SSSR count). The SMILES string of the molecule is CCCC1CCCN(C(=O)[C@@H]2Cc3ccccc3N2c2ccc(=O)n(C)n2)C1. The van der Waals surface area contributed by atoms with Gasteiger partial charge in [0.1, 0.15) is 6.04 Å². The largest absolute Gasteiger partial charge is 0.341 e. The highest BCUT2D eigenvalue weighted by atomic mass is 16.2. The average molecular weight is 380 g/mol. The first-order valence-electron chi connectivity index (χ1n) is 10.3. The number of rotatable bonds is 4. The summed E-state index contributed by atoms with van der Waals surface area (Å²) >= 11 is 0. The molecule has 1 amide bonds. The number of aryl methyl sites for hydroxylation is 1. The summed E-state index contributed by atoms with van der Waals surface area (Å²) in [6.07, 6.45) is 5.31. The van der Waals surface area contributed by atoms with Crippen molar-refractivity contribution in [2.75, 3.05) is 18.0 Å². The molecule has 3 heterocycles. The minimum Gasteiger partial charge on any atom is -0.341 e. The number of anilines is 2. The summed E-state index contributed by atoms with van der Waals surface area (Å²) in [7, 11) is 1.64. The molecule has 6 nitrogen and oxygen atoms in total. The molecule has 1 fully saturated rings. The van der Waals surface area contributed by atoms with E-state index in [1.165, 1.54) is 23.6 Å². The van der Waals surface area contributed by atoms with Crippen LogP contribution in [0.15, 0.2) is 41.2 Å². The molecule has 0 aliphatic carbocycles. The van der Waals surface area contributed by atoms with Gasteiger partial charge < -0.3 is 9.80 Å². The number of benzene rings is 1. The molecule has 6 heteroatoms. The second-order valence-corrected chi connectivity index (χ2v) is 7.95. The Kier molecular flexibility index (Phi) is 5.20. The van der Waals surface area contributed by atoms with Crippen molar-refractivity contribution in [3.63, 3.8) is 0 Å². The molecule has 2 aromatic rings. The molecule has 2 aliphatic heterocycles. The van der Waals surface area contributed by atoms with Gasteiger partial charge in [-0.05, 0) is 42.9 Å². The molecule has 0 saturated carbocycles. The summed E-state index contributed by atoms with van der Waals surface area (Å²) in [6, 6.07) is 11.0. The Morgan fingerprint density at radius 2 is 2.04 bits per heavy atom. The third kappa shape index (κ3) is 3.43. The average Bonchev–Trinajstić information content (AvgIpc) is 3.09. The molecule has 0 bridgehead atoms. The predicted octanol–water partition coefficient (Wildman–Crippen LogP) is 2.88. The molecule has 1 aromatic carbocycles. The van der Waals surface area contributed by atoms with E-state index in [1.807, 2.05) is 23.1 Å². The Bertz CT molecular complexity index is 921. The first kappa shape index (κ1) is 18.7. The zero-order chi connectivity index (χ0) is 19.7. The van der Waals surface area contributed by atoms with Gasteiger partial charge in [-0.15, -0.1) is 0 Å². The van der Waals surface area contributed by atoms with Crippen molar-refractivity contribution >= 4 is 17.4 Å². The second-order valence-electron chi connectivity index (χ2n) is 7.95. The van der Waals surface area contributed by atoms with Crippen LogP contribution in [0.5, 0.6) is 0 Å². The lowest BCUT2D eigenvalue weighted by Gasteiger charge is -2.36. The number of hydrogen-bond donors (Lipinski definition) is 0. The number of likely N-dealkylation sites (tertiary alicyclic amines) is 1. The van der Waals surface area contributed by atoms with Crippen molar-refractivity contribution in [3.05, 3.63) is 52.3 Å². The number of aromatic nitrogens is 2. The molecule has 1 unspecified atom stereocenters. The number of carbonyl (C=O) groups is 1. The van der Waals surface area contributed by atoms with Crippen LogP contribution in [0.1, 0.15) is 38.2 Å². The summed E-state index contributed by atoms with van der Waals surface area (Å²) in [5.74, 6) is 1.43. The van der Waals surface area contributed by atoms with Crippen molar-refractivity contribution < 1.29 is 4.79 Å².